The molecule has 1 aliphatic heterocycles. The third-order valence-electron chi connectivity index (χ3n) is 5.94. The predicted molar refractivity (Wildman–Crippen MR) is 186 cm³/mol. The largest absolute Gasteiger partial charge is 0.491 e. The molecule has 0 aromatic heterocycles. The van der Waals surface area contributed by atoms with Crippen LogP contribution >= 0.6 is 0 Å². The first-order chi connectivity index (χ1) is 20.9. The van der Waals surface area contributed by atoms with Crippen LogP contribution in [0.3, 0.4) is 0 Å². The average Bonchev–Trinajstić information content (AvgIpc) is 2.88. The number of ether oxygens (including phenoxy) is 6. The van der Waals surface area contributed by atoms with E-state index in [0.717, 1.165) is 0 Å². The topological polar surface area (TPSA) is 126 Å². The van der Waals surface area contributed by atoms with E-state index in [2.05, 4.69) is 78.6 Å². The molecule has 0 fully saturated rings. The molecule has 268 valence electrons. The van der Waals surface area contributed by atoms with Crippen molar-refractivity contribution in [1.29, 1.82) is 0 Å². The van der Waals surface area contributed by atoms with Crippen LogP contribution in [0.25, 0.3) is 0 Å². The Morgan fingerprint density at radius 3 is 0.891 bits per heavy atom. The number of allylic oxidation sites excluding steroid dienone is 2. The highest BCUT2D eigenvalue weighted by Gasteiger charge is 2.37. The van der Waals surface area contributed by atoms with Crippen molar-refractivity contribution in [1.82, 2.24) is 0 Å². The average molecular weight is 725 g/mol. The van der Waals surface area contributed by atoms with E-state index in [1.54, 1.807) is 13.8 Å². The second kappa shape index (κ2) is 17.6. The fraction of sp³-hybridized carbons (Fsp3) is 0.800. The minimum Gasteiger partial charge on any atom is -0.491 e. The lowest BCUT2D eigenvalue weighted by Gasteiger charge is -2.37. The fourth-order valence-electron chi connectivity index (χ4n) is 4.36. The molecule has 4 atom stereocenters. The van der Waals surface area contributed by atoms with Gasteiger partial charge in [-0.25, -0.2) is 9.59 Å². The quantitative estimate of drug-likeness (QED) is 0.201. The summed E-state index contributed by atoms with van der Waals surface area (Å²) in [5.41, 5.74) is 0. The van der Waals surface area contributed by atoms with Gasteiger partial charge >= 0.3 is 11.9 Å². The Bertz CT molecular complexity index is 984. The number of carbonyl (C=O) groups is 2. The summed E-state index contributed by atoms with van der Waals surface area (Å²) in [5, 5.41) is 0. The summed E-state index contributed by atoms with van der Waals surface area (Å²) in [4.78, 5) is 25.9. The van der Waals surface area contributed by atoms with E-state index >= 15 is 0 Å². The van der Waals surface area contributed by atoms with Crippen molar-refractivity contribution in [3.05, 3.63) is 23.0 Å². The smallest absolute Gasteiger partial charge is 0.376 e. The predicted octanol–water partition coefficient (Wildman–Crippen LogP) is 5.76. The third-order valence-corrected chi connectivity index (χ3v) is 9.98. The van der Waals surface area contributed by atoms with Crippen molar-refractivity contribution in [3.63, 3.8) is 0 Å². The maximum absolute atomic E-state index is 13.0. The lowest BCUT2D eigenvalue weighted by atomic mass is 10.2. The van der Waals surface area contributed by atoms with E-state index in [0.29, 0.717) is 0 Å². The molecular weight excluding hydrogens is 665 g/mol. The molecule has 46 heavy (non-hydrogen) atoms. The van der Waals surface area contributed by atoms with Crippen molar-refractivity contribution in [2.24, 2.45) is 0 Å². The van der Waals surface area contributed by atoms with Crippen LogP contribution in [0.2, 0.25) is 78.6 Å². The highest BCUT2D eigenvalue weighted by molar-refractivity contribution is 6.71. The highest BCUT2D eigenvalue weighted by atomic mass is 28.4. The second-order valence-corrected chi connectivity index (χ2v) is 32.9. The van der Waals surface area contributed by atoms with Gasteiger partial charge in [0, 0.05) is 0 Å². The maximum atomic E-state index is 13.0. The third kappa shape index (κ3) is 16.4. The number of esters is 2. The van der Waals surface area contributed by atoms with Gasteiger partial charge in [-0.3, -0.25) is 0 Å². The first-order valence-electron chi connectivity index (χ1n) is 15.7. The first-order valence-corrected chi connectivity index (χ1v) is 29.3. The Balaban J connectivity index is 3.86. The number of carbonyl (C=O) groups excluding carboxylic acids is 2. The van der Waals surface area contributed by atoms with E-state index in [-0.39, 0.29) is 49.5 Å². The molecular formula is C30H60O12Si4. The number of hydrogen-bond donors (Lipinski definition) is 0. The minimum atomic E-state index is -2.17. The van der Waals surface area contributed by atoms with E-state index < -0.39 is 69.6 Å². The zero-order valence-electron chi connectivity index (χ0n) is 31.0. The zero-order valence-corrected chi connectivity index (χ0v) is 35.0. The summed E-state index contributed by atoms with van der Waals surface area (Å²) in [5.74, 6) is -1.11. The summed E-state index contributed by atoms with van der Waals surface area (Å²) >= 11 is 0. The van der Waals surface area contributed by atoms with Gasteiger partial charge in [-0.1, -0.05) is 0 Å². The lowest BCUT2D eigenvalue weighted by molar-refractivity contribution is -0.142. The summed E-state index contributed by atoms with van der Waals surface area (Å²) in [6.45, 7) is 27.9. The molecule has 0 saturated heterocycles. The van der Waals surface area contributed by atoms with Crippen molar-refractivity contribution in [2.75, 3.05) is 40.6 Å². The Morgan fingerprint density at radius 1 is 0.478 bits per heavy atom. The van der Waals surface area contributed by atoms with Crippen LogP contribution in [0, 0.1) is 0 Å². The monoisotopic (exact) mass is 724 g/mol. The Morgan fingerprint density at radius 2 is 0.696 bits per heavy atom. The summed E-state index contributed by atoms with van der Waals surface area (Å²) in [7, 11) is -6.10. The molecule has 0 bridgehead atoms. The van der Waals surface area contributed by atoms with Gasteiger partial charge in [0.05, 0.1) is 14.2 Å². The highest BCUT2D eigenvalue weighted by Crippen LogP contribution is 2.25. The Hall–Kier alpha value is -1.67. The molecule has 1 rings (SSSR count). The molecule has 1 aliphatic rings. The number of methoxy groups -OCH3 is 2. The van der Waals surface area contributed by atoms with E-state index in [1.165, 1.54) is 14.2 Å². The van der Waals surface area contributed by atoms with Crippen LogP contribution in [0.4, 0.5) is 0 Å². The van der Waals surface area contributed by atoms with Gasteiger partial charge in [0.25, 0.3) is 0 Å². The molecule has 12 nitrogen and oxygen atoms in total. The lowest BCUT2D eigenvalue weighted by Crippen LogP contribution is -2.49. The Kier molecular flexibility index (Phi) is 16.2. The van der Waals surface area contributed by atoms with E-state index in [1.807, 2.05) is 0 Å². The number of rotatable bonds is 10. The molecule has 0 aromatic rings. The molecule has 2 unspecified atom stereocenters. The van der Waals surface area contributed by atoms with Crippen LogP contribution in [-0.4, -0.2) is 110 Å². The summed E-state index contributed by atoms with van der Waals surface area (Å²) in [6.07, 6.45) is -2.49. The molecule has 1 heterocycles. The maximum Gasteiger partial charge on any atom is 0.376 e. The van der Waals surface area contributed by atoms with Gasteiger partial charge < -0.3 is 46.1 Å². The van der Waals surface area contributed by atoms with Gasteiger partial charge in [-0.2, -0.15) is 0 Å². The zero-order chi connectivity index (χ0) is 35.7. The van der Waals surface area contributed by atoms with Crippen LogP contribution in [0.15, 0.2) is 23.0 Å². The van der Waals surface area contributed by atoms with Crippen molar-refractivity contribution in [3.8, 4) is 0 Å². The number of hydrogen-bond acceptors (Lipinski definition) is 12. The van der Waals surface area contributed by atoms with E-state index in [9.17, 15) is 9.59 Å². The first kappa shape index (κ1) is 42.4. The fourth-order valence-corrected chi connectivity index (χ4v) is 8.87. The van der Waals surface area contributed by atoms with Crippen LogP contribution in [0.1, 0.15) is 13.8 Å². The van der Waals surface area contributed by atoms with Gasteiger partial charge in [-0.15, -0.1) is 0 Å². The Labute approximate surface area is 280 Å². The molecule has 0 saturated carbocycles. The molecule has 0 radical (unpaired) electrons. The SMILES string of the molecule is COC(=O)/C1=C(\C)OC[C@H](O[Si](C)(C)C)C(O[Si](C)(C)C)CO/C(C(=O)OC)=C(\C)OCC(O[Si](C)(C)C)[C@@H](O[Si](C)(C)C)CO1. The minimum absolute atomic E-state index is 0.0153. The summed E-state index contributed by atoms with van der Waals surface area (Å²) in [6, 6.07) is 0. The van der Waals surface area contributed by atoms with E-state index in [4.69, 9.17) is 46.1 Å². The van der Waals surface area contributed by atoms with Gasteiger partial charge in [0.1, 0.15) is 62.4 Å². The second-order valence-electron chi connectivity index (χ2n) is 15.1. The van der Waals surface area contributed by atoms with Crippen LogP contribution < -0.4 is 0 Å². The molecule has 0 amide bonds. The molecule has 0 aliphatic carbocycles. The van der Waals surface area contributed by atoms with Gasteiger partial charge in [-0.05, 0) is 92.4 Å². The molecule has 0 aromatic carbocycles. The normalized spacial score (nSPS) is 26.6. The van der Waals surface area contributed by atoms with Gasteiger partial charge in [0.2, 0.25) is 11.5 Å². The van der Waals surface area contributed by atoms with Crippen molar-refractivity contribution < 1.29 is 55.7 Å². The van der Waals surface area contributed by atoms with Crippen LogP contribution in [-0.2, 0) is 55.7 Å². The molecule has 0 N–H and O–H groups in total. The summed E-state index contributed by atoms with van der Waals surface area (Å²) < 4.78 is 61.0. The molecule has 0 spiro atoms. The standard InChI is InChI=1S/C30H60O12Si4/c1-21-27(29(31)33-3)37-19-25(41-45(11,12)13)24(40-44(8,9)10)18-36-22(2)28(30(32)34-4)38-20-26(42-46(14,15)16)23(17-35-21)39-43(5,6)7/h23-26H,17-20H2,1-16H3/b27-21-,28-22+/t23-,24?,25-,26?/m0/s1. The molecule has 16 heteroatoms. The van der Waals surface area contributed by atoms with Crippen LogP contribution in [0.5, 0.6) is 0 Å². The van der Waals surface area contributed by atoms with Gasteiger partial charge in [0.15, 0.2) is 33.3 Å². The van der Waals surface area contributed by atoms with Crippen molar-refractivity contribution in [2.45, 2.75) is 117 Å². The van der Waals surface area contributed by atoms with Crippen molar-refractivity contribution >= 4 is 45.2 Å².